The van der Waals surface area contributed by atoms with Crippen LogP contribution in [0.2, 0.25) is 0 Å². The molecular weight excluding hydrogens is 354 g/mol. The van der Waals surface area contributed by atoms with Crippen molar-refractivity contribution in [3.05, 3.63) is 21.2 Å². The Labute approximate surface area is 115 Å². The number of carbonyl (C=O) groups excluding carboxylic acids is 2. The number of nitrogens with zero attached hydrogens (tertiary/aromatic N) is 2. The van der Waals surface area contributed by atoms with E-state index < -0.39 is 6.04 Å². The molecule has 1 unspecified atom stereocenters. The number of hydrogen-bond donors (Lipinski definition) is 1. The molecule has 1 aliphatic rings. The minimum absolute atomic E-state index is 0.125. The van der Waals surface area contributed by atoms with Crippen molar-refractivity contribution in [3.8, 4) is 0 Å². The summed E-state index contributed by atoms with van der Waals surface area (Å²) in [5.74, 6) is -0.0357. The first-order chi connectivity index (χ1) is 7.99. The van der Waals surface area contributed by atoms with Crippen LogP contribution < -0.4 is 10.2 Å². The number of anilines is 1. The minimum atomic E-state index is -0.419. The van der Waals surface area contributed by atoms with Crippen molar-refractivity contribution in [1.29, 1.82) is 0 Å². The molecule has 5 nitrogen and oxygen atoms in total. The molecule has 1 atom stereocenters. The van der Waals surface area contributed by atoms with Gasteiger partial charge in [0.15, 0.2) is 0 Å². The molecule has 1 aromatic heterocycles. The molecule has 0 aliphatic carbocycles. The van der Waals surface area contributed by atoms with Crippen LogP contribution >= 0.6 is 31.9 Å². The predicted octanol–water partition coefficient (Wildman–Crippen LogP) is 1.46. The minimum Gasteiger partial charge on any atom is -0.335 e. The second-order valence-electron chi connectivity index (χ2n) is 3.68. The van der Waals surface area contributed by atoms with E-state index in [1.54, 1.807) is 18.0 Å². The fraction of sp³-hybridized carbons (Fsp3) is 0.300. The Bertz CT molecular complexity index is 492. The summed E-state index contributed by atoms with van der Waals surface area (Å²) < 4.78 is 1.56. The van der Waals surface area contributed by atoms with Crippen molar-refractivity contribution in [2.75, 3.05) is 11.4 Å². The van der Waals surface area contributed by atoms with Crippen LogP contribution in [0.4, 0.5) is 5.82 Å². The van der Waals surface area contributed by atoms with E-state index in [0.717, 1.165) is 8.95 Å². The topological polar surface area (TPSA) is 62.3 Å². The Morgan fingerprint density at radius 3 is 2.82 bits per heavy atom. The lowest BCUT2D eigenvalue weighted by molar-refractivity contribution is -0.132. The van der Waals surface area contributed by atoms with Gasteiger partial charge in [0.05, 0.1) is 11.0 Å². The van der Waals surface area contributed by atoms with Crippen molar-refractivity contribution in [1.82, 2.24) is 10.3 Å². The molecular formula is C10H9Br2N3O2. The second kappa shape index (κ2) is 4.73. The molecule has 0 radical (unpaired) electrons. The van der Waals surface area contributed by atoms with Crippen molar-refractivity contribution in [2.45, 2.75) is 13.0 Å². The summed E-state index contributed by atoms with van der Waals surface area (Å²) in [6.07, 6.45) is 1.63. The van der Waals surface area contributed by atoms with Crippen LogP contribution in [-0.2, 0) is 9.59 Å². The average molecular weight is 363 g/mol. The lowest BCUT2D eigenvalue weighted by Gasteiger charge is -2.33. The summed E-state index contributed by atoms with van der Waals surface area (Å²) in [7, 11) is 0. The number of pyridine rings is 1. The highest BCUT2D eigenvalue weighted by Crippen LogP contribution is 2.28. The molecule has 1 aromatic rings. The van der Waals surface area contributed by atoms with Crippen molar-refractivity contribution in [3.63, 3.8) is 0 Å². The third-order valence-corrected chi connectivity index (χ3v) is 3.50. The van der Waals surface area contributed by atoms with Gasteiger partial charge in [-0.25, -0.2) is 4.98 Å². The SMILES string of the molecule is CC1C(=O)NC(=O)CN1c1ncc(Br)cc1Br. The van der Waals surface area contributed by atoms with Gasteiger partial charge in [-0.3, -0.25) is 14.9 Å². The predicted molar refractivity (Wildman–Crippen MR) is 69.6 cm³/mol. The number of amides is 2. The van der Waals surface area contributed by atoms with Crippen LogP contribution in [0.25, 0.3) is 0 Å². The number of halogens is 2. The summed E-state index contributed by atoms with van der Waals surface area (Å²) in [5.41, 5.74) is 0. The third kappa shape index (κ3) is 2.50. The van der Waals surface area contributed by atoms with Gasteiger partial charge in [-0.05, 0) is 44.8 Å². The third-order valence-electron chi connectivity index (χ3n) is 2.48. The molecule has 2 amide bonds. The van der Waals surface area contributed by atoms with E-state index in [1.807, 2.05) is 6.07 Å². The summed E-state index contributed by atoms with van der Waals surface area (Å²) in [4.78, 5) is 28.8. The molecule has 0 saturated carbocycles. The number of nitrogens with one attached hydrogen (secondary N) is 1. The van der Waals surface area contributed by atoms with E-state index in [0.29, 0.717) is 5.82 Å². The molecule has 90 valence electrons. The van der Waals surface area contributed by atoms with E-state index in [4.69, 9.17) is 0 Å². The first kappa shape index (κ1) is 12.5. The average Bonchev–Trinajstić information content (AvgIpc) is 2.24. The molecule has 2 heterocycles. The standard InChI is InChI=1S/C10H9Br2N3O2/c1-5-10(17)14-8(16)4-15(5)9-7(12)2-6(11)3-13-9/h2-3,5H,4H2,1H3,(H,14,16,17). The van der Waals surface area contributed by atoms with Gasteiger partial charge >= 0.3 is 0 Å². The Morgan fingerprint density at radius 1 is 1.47 bits per heavy atom. The number of carbonyl (C=O) groups is 2. The molecule has 17 heavy (non-hydrogen) atoms. The van der Waals surface area contributed by atoms with Gasteiger partial charge in [0.1, 0.15) is 11.9 Å². The number of imide groups is 1. The molecule has 1 fully saturated rings. The normalized spacial score (nSPS) is 20.4. The van der Waals surface area contributed by atoms with Crippen molar-refractivity contribution < 1.29 is 9.59 Å². The van der Waals surface area contributed by atoms with Gasteiger partial charge in [0.2, 0.25) is 11.8 Å². The van der Waals surface area contributed by atoms with Crippen LogP contribution in [0.15, 0.2) is 21.2 Å². The van der Waals surface area contributed by atoms with Gasteiger partial charge in [0, 0.05) is 10.7 Å². The highest BCUT2D eigenvalue weighted by Gasteiger charge is 2.32. The molecule has 1 saturated heterocycles. The number of rotatable bonds is 1. The highest BCUT2D eigenvalue weighted by molar-refractivity contribution is 9.11. The lowest BCUT2D eigenvalue weighted by atomic mass is 10.2. The van der Waals surface area contributed by atoms with Crippen LogP contribution in [0.5, 0.6) is 0 Å². The summed E-state index contributed by atoms with van der Waals surface area (Å²) in [6.45, 7) is 1.86. The zero-order chi connectivity index (χ0) is 12.6. The van der Waals surface area contributed by atoms with Crippen LogP contribution in [0.1, 0.15) is 6.92 Å². The van der Waals surface area contributed by atoms with E-state index in [2.05, 4.69) is 42.2 Å². The van der Waals surface area contributed by atoms with Crippen molar-refractivity contribution in [2.24, 2.45) is 0 Å². The monoisotopic (exact) mass is 361 g/mol. The smallest absolute Gasteiger partial charge is 0.249 e. The quantitative estimate of drug-likeness (QED) is 0.768. The van der Waals surface area contributed by atoms with Crippen LogP contribution in [-0.4, -0.2) is 29.4 Å². The fourth-order valence-electron chi connectivity index (χ4n) is 1.59. The number of aromatic nitrogens is 1. The number of hydrogen-bond acceptors (Lipinski definition) is 4. The first-order valence-corrected chi connectivity index (χ1v) is 6.49. The Balaban J connectivity index is 2.37. The largest absolute Gasteiger partial charge is 0.335 e. The molecule has 2 rings (SSSR count). The fourth-order valence-corrected chi connectivity index (χ4v) is 2.81. The maximum Gasteiger partial charge on any atom is 0.249 e. The van der Waals surface area contributed by atoms with Crippen LogP contribution in [0.3, 0.4) is 0 Å². The van der Waals surface area contributed by atoms with Crippen molar-refractivity contribution >= 4 is 49.5 Å². The molecule has 1 N–H and O–H groups in total. The zero-order valence-electron chi connectivity index (χ0n) is 8.91. The Kier molecular flexibility index (Phi) is 3.48. The molecule has 0 spiro atoms. The first-order valence-electron chi connectivity index (χ1n) is 4.90. The number of piperazine rings is 1. The van der Waals surface area contributed by atoms with Crippen LogP contribution in [0, 0.1) is 0 Å². The summed E-state index contributed by atoms with van der Waals surface area (Å²) in [5, 5.41) is 2.29. The maximum absolute atomic E-state index is 11.5. The zero-order valence-corrected chi connectivity index (χ0v) is 12.1. The second-order valence-corrected chi connectivity index (χ2v) is 5.45. The van der Waals surface area contributed by atoms with E-state index >= 15 is 0 Å². The maximum atomic E-state index is 11.5. The van der Waals surface area contributed by atoms with E-state index in [1.165, 1.54) is 0 Å². The van der Waals surface area contributed by atoms with E-state index in [9.17, 15) is 9.59 Å². The van der Waals surface area contributed by atoms with Gasteiger partial charge < -0.3 is 4.90 Å². The van der Waals surface area contributed by atoms with Gasteiger partial charge in [-0.2, -0.15) is 0 Å². The molecule has 1 aliphatic heterocycles. The molecule has 0 aromatic carbocycles. The lowest BCUT2D eigenvalue weighted by Crippen LogP contribution is -2.57. The molecule has 7 heteroatoms. The Hall–Kier alpha value is -0.950. The van der Waals surface area contributed by atoms with Gasteiger partial charge in [-0.15, -0.1) is 0 Å². The van der Waals surface area contributed by atoms with Gasteiger partial charge in [0.25, 0.3) is 0 Å². The van der Waals surface area contributed by atoms with Gasteiger partial charge in [-0.1, -0.05) is 0 Å². The highest BCUT2D eigenvalue weighted by atomic mass is 79.9. The molecule has 0 bridgehead atoms. The van der Waals surface area contributed by atoms with E-state index in [-0.39, 0.29) is 18.4 Å². The Morgan fingerprint density at radius 2 is 2.18 bits per heavy atom. The summed E-state index contributed by atoms with van der Waals surface area (Å²) in [6, 6.07) is 1.41. The summed E-state index contributed by atoms with van der Waals surface area (Å²) >= 11 is 6.67.